The maximum absolute atomic E-state index is 16.0. The van der Waals surface area contributed by atoms with E-state index in [-0.39, 0.29) is 40.4 Å². The van der Waals surface area contributed by atoms with Gasteiger partial charge in [-0.15, -0.1) is 0 Å². The van der Waals surface area contributed by atoms with E-state index in [0.717, 1.165) is 17.7 Å². The van der Waals surface area contributed by atoms with Crippen molar-refractivity contribution in [3.8, 4) is 0 Å². The highest BCUT2D eigenvalue weighted by Gasteiger charge is 2.71. The molecule has 0 saturated carbocycles. The van der Waals surface area contributed by atoms with Crippen molar-refractivity contribution in [1.82, 2.24) is 15.4 Å². The smallest absolute Gasteiger partial charge is 0.387 e. The van der Waals surface area contributed by atoms with Crippen LogP contribution in [0.25, 0.3) is 0 Å². The number of carboxylic acids is 1. The van der Waals surface area contributed by atoms with E-state index < -0.39 is 98.4 Å². The number of Topliss-reactive ketones (excluding diaryl/α,β-unsaturated/α-hetero) is 1. The summed E-state index contributed by atoms with van der Waals surface area (Å²) in [5.41, 5.74) is 4.34. The fourth-order valence-corrected chi connectivity index (χ4v) is 8.20. The highest BCUT2D eigenvalue weighted by molar-refractivity contribution is 7.90. The second-order valence-electron chi connectivity index (χ2n) is 14.5. The number of nitrogens with two attached hydrogens (primary N) is 1. The Balaban J connectivity index is 1.62. The number of carboxylic acid groups (broad SMARTS) is 1. The van der Waals surface area contributed by atoms with Gasteiger partial charge in [0.1, 0.15) is 6.04 Å². The molecule has 0 spiro atoms. The first kappa shape index (κ1) is 44.6. The van der Waals surface area contributed by atoms with Gasteiger partial charge in [-0.1, -0.05) is 69.6 Å². The first-order chi connectivity index (χ1) is 26.6. The molecule has 1 aliphatic heterocycles. The van der Waals surface area contributed by atoms with E-state index in [9.17, 15) is 42.3 Å². The number of hydrogen-bond donors (Lipinski definition) is 5. The van der Waals surface area contributed by atoms with Crippen molar-refractivity contribution in [3.63, 3.8) is 0 Å². The number of carbonyl (C=O) groups is 6. The largest absolute Gasteiger partial charge is 0.476 e. The zero-order valence-corrected chi connectivity index (χ0v) is 33.2. The minimum Gasteiger partial charge on any atom is -0.476 e. The molecule has 2 unspecified atom stereocenters. The van der Waals surface area contributed by atoms with Crippen molar-refractivity contribution in [3.05, 3.63) is 101 Å². The first-order valence-corrected chi connectivity index (χ1v) is 19.9. The Morgan fingerprint density at radius 1 is 0.877 bits per heavy atom. The first-order valence-electron chi connectivity index (χ1n) is 18.0. The Kier molecular flexibility index (Phi) is 13.8. The van der Waals surface area contributed by atoms with Gasteiger partial charge in [0.15, 0.2) is 6.04 Å². The summed E-state index contributed by atoms with van der Waals surface area (Å²) in [5.74, 6) is -15.4. The summed E-state index contributed by atoms with van der Waals surface area (Å²) in [4.78, 5) is 80.9. The molecule has 1 aliphatic rings. The number of aliphatic carboxylic acids is 1. The average molecular weight is 833 g/mol. The zero-order valence-electron chi connectivity index (χ0n) is 31.6. The van der Waals surface area contributed by atoms with E-state index >= 15 is 8.78 Å². The molecule has 306 valence electrons. The Hall–Kier alpha value is -5.10. The van der Waals surface area contributed by atoms with Gasteiger partial charge in [0.2, 0.25) is 0 Å². The van der Waals surface area contributed by atoms with Crippen LogP contribution in [0.15, 0.2) is 83.8 Å². The number of nitrogens with one attached hydrogen (secondary N) is 3. The van der Waals surface area contributed by atoms with Crippen molar-refractivity contribution < 1.29 is 55.6 Å². The predicted molar refractivity (Wildman–Crippen MR) is 204 cm³/mol. The second-order valence-corrected chi connectivity index (χ2v) is 16.7. The molecule has 57 heavy (non-hydrogen) atoms. The SMILES string of the molecule is CC(C)C(C(=O)C(F)(F)C(=O)NCCc1ccccc1)[N+]1(C(=O)[C@@H](NC(=O)c2ccc(C(=O)NS(=O)(=O)c3ccc(Cl)cc3)cc2)C(C)C)CCC[C@@]1(N)C(=O)O. The van der Waals surface area contributed by atoms with Gasteiger partial charge in [-0.2, -0.15) is 8.78 Å². The van der Waals surface area contributed by atoms with E-state index in [1.165, 1.54) is 64.1 Å². The van der Waals surface area contributed by atoms with E-state index in [1.807, 2.05) is 4.72 Å². The minimum atomic E-state index is -4.71. The number of nitrogens with zero attached hydrogens (tertiary/aromatic N) is 1. The van der Waals surface area contributed by atoms with Gasteiger partial charge < -0.3 is 15.7 Å². The third-order valence-electron chi connectivity index (χ3n) is 10.0. The normalized spacial score (nSPS) is 19.4. The van der Waals surface area contributed by atoms with Gasteiger partial charge in [-0.25, -0.2) is 27.2 Å². The van der Waals surface area contributed by atoms with Crippen molar-refractivity contribution in [2.24, 2.45) is 17.6 Å². The fourth-order valence-electron chi connectivity index (χ4n) is 7.10. The van der Waals surface area contributed by atoms with Crippen molar-refractivity contribution in [2.75, 3.05) is 13.1 Å². The summed E-state index contributed by atoms with van der Waals surface area (Å²) in [5, 5.41) is 15.3. The van der Waals surface area contributed by atoms with E-state index in [4.69, 9.17) is 17.3 Å². The average Bonchev–Trinajstić information content (AvgIpc) is 3.51. The van der Waals surface area contributed by atoms with Crippen LogP contribution in [0.4, 0.5) is 8.78 Å². The van der Waals surface area contributed by atoms with Gasteiger partial charge in [0.05, 0.1) is 11.4 Å². The number of sulfonamides is 1. The number of quaternary nitrogens is 1. The molecule has 6 N–H and O–H groups in total. The quantitative estimate of drug-likeness (QED) is 0.104. The predicted octanol–water partition coefficient (Wildman–Crippen LogP) is 3.68. The topological polar surface area (TPSA) is 219 Å². The molecule has 14 nitrogen and oxygen atoms in total. The summed E-state index contributed by atoms with van der Waals surface area (Å²) in [6.45, 7) is 4.96. The lowest BCUT2D eigenvalue weighted by atomic mass is 9.86. The standard InChI is InChI=1S/C39H44ClF2N5O9S/c1-23(2)30(45-33(49)26-11-13-27(14-12-26)34(50)46-57(55,56)29-17-15-28(40)16-18-29)35(51)47(22-8-20-38(47,43)37(53)54)31(24(3)4)32(48)39(41,42)36(52)44-21-19-25-9-6-5-7-10-25/h5-7,9-18,23-24,30-31H,8,19-22,43H2,1-4H3,(H3-,44,45,46,49,50,52,53,54)/p+1/t30-,31?,38-,47?/m0/s1. The van der Waals surface area contributed by atoms with Crippen LogP contribution >= 0.6 is 11.6 Å². The van der Waals surface area contributed by atoms with Crippen molar-refractivity contribution in [1.29, 1.82) is 0 Å². The Labute approximate surface area is 333 Å². The van der Waals surface area contributed by atoms with E-state index in [2.05, 4.69) is 10.6 Å². The Morgan fingerprint density at radius 2 is 1.44 bits per heavy atom. The highest BCUT2D eigenvalue weighted by Crippen LogP contribution is 2.43. The molecule has 4 amide bonds. The molecule has 0 aromatic heterocycles. The van der Waals surface area contributed by atoms with Gasteiger partial charge in [-0.05, 0) is 66.4 Å². The van der Waals surface area contributed by atoms with Gasteiger partial charge >= 0.3 is 17.8 Å². The van der Waals surface area contributed by atoms with Gasteiger partial charge in [0, 0.05) is 41.5 Å². The number of halogens is 3. The van der Waals surface area contributed by atoms with Crippen molar-refractivity contribution >= 4 is 57.0 Å². The van der Waals surface area contributed by atoms with Crippen LogP contribution in [-0.4, -0.2) is 90.1 Å². The maximum Gasteiger partial charge on any atom is 0.387 e. The molecule has 3 aromatic rings. The van der Waals surface area contributed by atoms with Crippen LogP contribution in [0.1, 0.15) is 66.8 Å². The monoisotopic (exact) mass is 832 g/mol. The Bertz CT molecular complexity index is 2120. The molecular formula is C39H45ClF2N5O9S+. The molecule has 1 heterocycles. The summed E-state index contributed by atoms with van der Waals surface area (Å²) in [6.07, 6.45) is -0.294. The van der Waals surface area contributed by atoms with Gasteiger partial charge in [-0.3, -0.25) is 24.9 Å². The second kappa shape index (κ2) is 17.6. The maximum atomic E-state index is 16.0. The highest BCUT2D eigenvalue weighted by atomic mass is 35.5. The lowest BCUT2D eigenvalue weighted by molar-refractivity contribution is -0.903. The molecule has 4 atom stereocenters. The van der Waals surface area contributed by atoms with Crippen molar-refractivity contribution in [2.45, 2.75) is 75.5 Å². The zero-order chi connectivity index (χ0) is 42.5. The van der Waals surface area contributed by atoms with Crippen LogP contribution in [0, 0.1) is 11.8 Å². The number of hydrogen-bond acceptors (Lipinski definition) is 9. The minimum absolute atomic E-state index is 0.0735. The number of amides is 4. The van der Waals surface area contributed by atoms with Gasteiger partial charge in [0.25, 0.3) is 39.2 Å². The van der Waals surface area contributed by atoms with Crippen LogP contribution in [-0.2, 0) is 35.6 Å². The van der Waals surface area contributed by atoms with Crippen LogP contribution < -0.4 is 21.1 Å². The van der Waals surface area contributed by atoms with E-state index in [0.29, 0.717) is 0 Å². The Morgan fingerprint density at radius 3 is 1.96 bits per heavy atom. The molecule has 4 rings (SSSR count). The number of ketones is 1. The summed E-state index contributed by atoms with van der Waals surface area (Å²) in [7, 11) is -4.29. The summed E-state index contributed by atoms with van der Waals surface area (Å²) < 4.78 is 57.7. The molecule has 0 radical (unpaired) electrons. The number of rotatable bonds is 16. The number of benzene rings is 3. The van der Waals surface area contributed by atoms with Crippen LogP contribution in [0.5, 0.6) is 0 Å². The van der Waals surface area contributed by atoms with E-state index in [1.54, 1.807) is 30.3 Å². The molecule has 1 fully saturated rings. The van der Waals surface area contributed by atoms with Crippen LogP contribution in [0.3, 0.4) is 0 Å². The lowest BCUT2D eigenvalue weighted by Gasteiger charge is -2.49. The molecule has 3 aromatic carbocycles. The molecule has 0 aliphatic carbocycles. The fraction of sp³-hybridized carbons (Fsp3) is 0.385. The number of alkyl halides is 2. The third-order valence-corrected chi connectivity index (χ3v) is 11.6. The summed E-state index contributed by atoms with van der Waals surface area (Å²) >= 11 is 5.81. The summed E-state index contributed by atoms with van der Waals surface area (Å²) in [6, 6.07) is 14.6. The number of likely N-dealkylation sites (tertiary alicyclic amines) is 1. The number of carbonyl (C=O) groups excluding carboxylic acids is 5. The molecule has 1 saturated heterocycles. The molecular weight excluding hydrogens is 788 g/mol. The third kappa shape index (κ3) is 9.22. The molecule has 18 heteroatoms. The lowest BCUT2D eigenvalue weighted by Crippen LogP contribution is -2.81. The molecule has 0 bridgehead atoms. The van der Waals surface area contributed by atoms with Crippen LogP contribution in [0.2, 0.25) is 5.02 Å².